The molecule has 0 saturated carbocycles. The van der Waals surface area contributed by atoms with Gasteiger partial charge in [-0.15, -0.1) is 0 Å². The van der Waals surface area contributed by atoms with Crippen LogP contribution in [0.3, 0.4) is 0 Å². The first-order chi connectivity index (χ1) is 7.68. The quantitative estimate of drug-likeness (QED) is 0.632. The molecule has 0 spiro atoms. The average Bonchev–Trinajstić information content (AvgIpc) is 2.88. The van der Waals surface area contributed by atoms with Gasteiger partial charge in [0.15, 0.2) is 0 Å². The lowest BCUT2D eigenvalue weighted by Gasteiger charge is -2.25. The van der Waals surface area contributed by atoms with Crippen molar-refractivity contribution in [2.45, 2.75) is 50.3 Å². The molecule has 2 rings (SSSR count). The maximum Gasteiger partial charge on any atom is 0.102 e. The average molecular weight is 228 g/mol. The highest BCUT2D eigenvalue weighted by Gasteiger charge is 2.32. The molecule has 0 aromatic heterocycles. The Morgan fingerprint density at radius 1 is 1.62 bits per heavy atom. The van der Waals surface area contributed by atoms with Crippen LogP contribution in [-0.4, -0.2) is 49.1 Å². The van der Waals surface area contributed by atoms with E-state index in [0.717, 1.165) is 19.4 Å². The number of ether oxygens (including phenoxy) is 1. The van der Waals surface area contributed by atoms with E-state index in [1.54, 1.807) is 0 Å². The van der Waals surface area contributed by atoms with Crippen molar-refractivity contribution in [3.63, 3.8) is 0 Å². The van der Waals surface area contributed by atoms with E-state index >= 15 is 0 Å². The van der Waals surface area contributed by atoms with Crippen molar-refractivity contribution < 1.29 is 9.84 Å². The topological polar surface area (TPSA) is 53.5 Å². The monoisotopic (exact) mass is 228 g/mol. The lowest BCUT2D eigenvalue weighted by molar-refractivity contribution is 0.0248. The summed E-state index contributed by atoms with van der Waals surface area (Å²) in [5.41, 5.74) is -0.628. The molecule has 3 unspecified atom stereocenters. The Labute approximate surface area is 97.7 Å². The van der Waals surface area contributed by atoms with Gasteiger partial charge in [-0.05, 0) is 32.7 Å². The molecule has 2 saturated heterocycles. The van der Waals surface area contributed by atoms with E-state index in [1.807, 2.05) is 0 Å². The highest BCUT2D eigenvalue weighted by atomic mass is 16.5. The van der Waals surface area contributed by atoms with E-state index in [4.69, 9.17) is 4.74 Å². The van der Waals surface area contributed by atoms with Crippen LogP contribution in [-0.2, 0) is 4.74 Å². The molecular formula is C12H24N2O2. The van der Waals surface area contributed by atoms with Crippen molar-refractivity contribution in [1.29, 1.82) is 0 Å². The Kier molecular flexibility index (Phi) is 4.19. The molecule has 0 amide bonds. The number of hydrogen-bond acceptors (Lipinski definition) is 4. The van der Waals surface area contributed by atoms with Crippen LogP contribution in [0.15, 0.2) is 0 Å². The van der Waals surface area contributed by atoms with Crippen molar-refractivity contribution in [3.8, 4) is 0 Å². The fourth-order valence-corrected chi connectivity index (χ4v) is 2.57. The lowest BCUT2D eigenvalue weighted by atomic mass is 10.0. The fraction of sp³-hybridized carbons (Fsp3) is 1.00. The van der Waals surface area contributed by atoms with Crippen molar-refractivity contribution in [2.24, 2.45) is 0 Å². The minimum absolute atomic E-state index is 0.459. The maximum absolute atomic E-state index is 10.1. The third-order valence-electron chi connectivity index (χ3n) is 3.66. The van der Waals surface area contributed by atoms with Crippen molar-refractivity contribution in [3.05, 3.63) is 0 Å². The number of rotatable bonds is 5. The molecule has 2 fully saturated rings. The Morgan fingerprint density at radius 3 is 3.12 bits per heavy atom. The smallest absolute Gasteiger partial charge is 0.102 e. The zero-order valence-corrected chi connectivity index (χ0v) is 10.2. The molecule has 0 aliphatic carbocycles. The van der Waals surface area contributed by atoms with E-state index in [1.165, 1.54) is 12.8 Å². The molecule has 2 aliphatic rings. The van der Waals surface area contributed by atoms with Gasteiger partial charge in [0.2, 0.25) is 0 Å². The summed E-state index contributed by atoms with van der Waals surface area (Å²) in [5, 5.41) is 17.0. The third kappa shape index (κ3) is 3.42. The van der Waals surface area contributed by atoms with E-state index in [2.05, 4.69) is 17.6 Å². The van der Waals surface area contributed by atoms with E-state index < -0.39 is 5.60 Å². The standard InChI is InChI=1S/C12H24N2O2/c1-10(7-11-3-2-5-13-11)14-8-12(15)4-6-16-9-12/h10-11,13-15H,2-9H2,1H3. The molecule has 2 aliphatic heterocycles. The molecule has 4 nitrogen and oxygen atoms in total. The molecule has 0 aromatic carbocycles. The van der Waals surface area contributed by atoms with Gasteiger partial charge in [-0.1, -0.05) is 0 Å². The minimum atomic E-state index is -0.628. The summed E-state index contributed by atoms with van der Waals surface area (Å²) >= 11 is 0. The number of aliphatic hydroxyl groups is 1. The fourth-order valence-electron chi connectivity index (χ4n) is 2.57. The molecule has 2 heterocycles. The van der Waals surface area contributed by atoms with Crippen LogP contribution in [0, 0.1) is 0 Å². The molecular weight excluding hydrogens is 204 g/mol. The Bertz CT molecular complexity index is 211. The molecule has 16 heavy (non-hydrogen) atoms. The highest BCUT2D eigenvalue weighted by Crippen LogP contribution is 2.18. The molecule has 0 radical (unpaired) electrons. The first-order valence-corrected chi connectivity index (χ1v) is 6.45. The van der Waals surface area contributed by atoms with E-state index in [9.17, 15) is 5.11 Å². The van der Waals surface area contributed by atoms with Crippen LogP contribution in [0.2, 0.25) is 0 Å². The van der Waals surface area contributed by atoms with Gasteiger partial charge in [0.25, 0.3) is 0 Å². The minimum Gasteiger partial charge on any atom is -0.386 e. The SMILES string of the molecule is CC(CC1CCCN1)NCC1(O)CCOC1. The summed E-state index contributed by atoms with van der Waals surface area (Å²) in [4.78, 5) is 0. The number of hydrogen-bond donors (Lipinski definition) is 3. The Balaban J connectivity index is 1.64. The molecule has 3 N–H and O–H groups in total. The Hall–Kier alpha value is -0.160. The van der Waals surface area contributed by atoms with Crippen molar-refractivity contribution in [2.75, 3.05) is 26.3 Å². The zero-order chi connectivity index (χ0) is 11.4. The first kappa shape index (κ1) is 12.3. The van der Waals surface area contributed by atoms with Crippen LogP contribution in [0.4, 0.5) is 0 Å². The van der Waals surface area contributed by atoms with Gasteiger partial charge < -0.3 is 20.5 Å². The first-order valence-electron chi connectivity index (χ1n) is 6.45. The van der Waals surface area contributed by atoms with Gasteiger partial charge in [0.05, 0.1) is 6.61 Å². The summed E-state index contributed by atoms with van der Waals surface area (Å²) in [6.45, 7) is 5.18. The summed E-state index contributed by atoms with van der Waals surface area (Å²) < 4.78 is 5.22. The van der Waals surface area contributed by atoms with Gasteiger partial charge in [-0.25, -0.2) is 0 Å². The van der Waals surface area contributed by atoms with Crippen molar-refractivity contribution in [1.82, 2.24) is 10.6 Å². The summed E-state index contributed by atoms with van der Waals surface area (Å²) in [7, 11) is 0. The summed E-state index contributed by atoms with van der Waals surface area (Å²) in [6, 6.07) is 1.12. The molecule has 94 valence electrons. The van der Waals surface area contributed by atoms with Gasteiger partial charge in [-0.3, -0.25) is 0 Å². The van der Waals surface area contributed by atoms with Crippen LogP contribution in [0.1, 0.15) is 32.6 Å². The van der Waals surface area contributed by atoms with Gasteiger partial charge in [0, 0.05) is 31.7 Å². The maximum atomic E-state index is 10.1. The van der Waals surface area contributed by atoms with Crippen LogP contribution in [0.25, 0.3) is 0 Å². The predicted molar refractivity (Wildman–Crippen MR) is 63.5 cm³/mol. The molecule has 0 aromatic rings. The zero-order valence-electron chi connectivity index (χ0n) is 10.2. The van der Waals surface area contributed by atoms with Gasteiger partial charge in [-0.2, -0.15) is 0 Å². The second-order valence-corrected chi connectivity index (χ2v) is 5.34. The van der Waals surface area contributed by atoms with Gasteiger partial charge >= 0.3 is 0 Å². The highest BCUT2D eigenvalue weighted by molar-refractivity contribution is 4.87. The van der Waals surface area contributed by atoms with Crippen LogP contribution >= 0.6 is 0 Å². The van der Waals surface area contributed by atoms with E-state index in [0.29, 0.717) is 31.8 Å². The second-order valence-electron chi connectivity index (χ2n) is 5.34. The predicted octanol–water partition coefficient (Wildman–Crippen LogP) is 0.258. The number of nitrogens with one attached hydrogen (secondary N) is 2. The summed E-state index contributed by atoms with van der Waals surface area (Å²) in [6.07, 6.45) is 4.50. The molecule has 3 atom stereocenters. The lowest BCUT2D eigenvalue weighted by Crippen LogP contribution is -2.45. The molecule has 4 heteroatoms. The second kappa shape index (κ2) is 5.45. The summed E-state index contributed by atoms with van der Waals surface area (Å²) in [5.74, 6) is 0. The largest absolute Gasteiger partial charge is 0.386 e. The third-order valence-corrected chi connectivity index (χ3v) is 3.66. The van der Waals surface area contributed by atoms with Crippen LogP contribution in [0.5, 0.6) is 0 Å². The molecule has 0 bridgehead atoms. The van der Waals surface area contributed by atoms with E-state index in [-0.39, 0.29) is 0 Å². The Morgan fingerprint density at radius 2 is 2.50 bits per heavy atom. The van der Waals surface area contributed by atoms with Crippen LogP contribution < -0.4 is 10.6 Å². The van der Waals surface area contributed by atoms with Gasteiger partial charge in [0.1, 0.15) is 5.60 Å². The normalized spacial score (nSPS) is 36.8. The van der Waals surface area contributed by atoms with Crippen molar-refractivity contribution >= 4 is 0 Å².